The predicted octanol–water partition coefficient (Wildman–Crippen LogP) is 2.43. The number of rotatable bonds is 4. The van der Waals surface area contributed by atoms with E-state index in [0.717, 1.165) is 12.8 Å². The first-order valence-corrected chi connectivity index (χ1v) is 8.76. The highest BCUT2D eigenvalue weighted by Gasteiger charge is 2.40. The van der Waals surface area contributed by atoms with E-state index >= 15 is 0 Å². The van der Waals surface area contributed by atoms with E-state index < -0.39 is 5.54 Å². The Morgan fingerprint density at radius 3 is 2.57 bits per heavy atom. The third kappa shape index (κ3) is 3.43. The number of hydrogen-bond acceptors (Lipinski definition) is 3. The molecule has 0 bridgehead atoms. The van der Waals surface area contributed by atoms with Crippen LogP contribution < -0.4 is 11.1 Å². The highest BCUT2D eigenvalue weighted by atomic mass is 16.5. The molecular formula is C19H28N2O2. The van der Waals surface area contributed by atoms with Crippen LogP contribution in [0.3, 0.4) is 0 Å². The molecule has 0 aromatic heterocycles. The zero-order valence-electron chi connectivity index (χ0n) is 14.1. The van der Waals surface area contributed by atoms with Gasteiger partial charge < -0.3 is 15.8 Å². The van der Waals surface area contributed by atoms with Crippen LogP contribution in [0.5, 0.6) is 0 Å². The smallest absolute Gasteiger partial charge is 0.240 e. The quantitative estimate of drug-likeness (QED) is 0.896. The molecule has 1 saturated heterocycles. The summed E-state index contributed by atoms with van der Waals surface area (Å²) >= 11 is 0. The number of benzene rings is 1. The molecule has 4 nitrogen and oxygen atoms in total. The summed E-state index contributed by atoms with van der Waals surface area (Å²) in [6.45, 7) is 3.97. The Balaban J connectivity index is 1.72. The van der Waals surface area contributed by atoms with Crippen LogP contribution in [0.15, 0.2) is 24.3 Å². The van der Waals surface area contributed by atoms with Gasteiger partial charge in [-0.15, -0.1) is 0 Å². The second kappa shape index (κ2) is 6.62. The van der Waals surface area contributed by atoms with Crippen LogP contribution in [0.1, 0.15) is 49.7 Å². The Bertz CT molecular complexity index is 558. The maximum atomic E-state index is 12.6. The number of ether oxygens (including phenoxy) is 1. The molecule has 1 aliphatic heterocycles. The average Bonchev–Trinajstić information content (AvgIpc) is 3.03. The lowest BCUT2D eigenvalue weighted by molar-refractivity contribution is -0.130. The van der Waals surface area contributed by atoms with Crippen LogP contribution >= 0.6 is 0 Å². The van der Waals surface area contributed by atoms with E-state index in [0.29, 0.717) is 32.6 Å². The van der Waals surface area contributed by atoms with Crippen molar-refractivity contribution in [1.29, 1.82) is 0 Å². The van der Waals surface area contributed by atoms with Gasteiger partial charge in [-0.1, -0.05) is 42.7 Å². The normalized spacial score (nSPS) is 22.7. The van der Waals surface area contributed by atoms with E-state index in [1.807, 2.05) is 0 Å². The van der Waals surface area contributed by atoms with Gasteiger partial charge in [0.2, 0.25) is 5.91 Å². The van der Waals surface area contributed by atoms with Crippen LogP contribution in [0, 0.1) is 6.92 Å². The molecule has 0 radical (unpaired) electrons. The van der Waals surface area contributed by atoms with Crippen LogP contribution in [-0.2, 0) is 14.9 Å². The lowest BCUT2D eigenvalue weighted by atomic mass is 9.78. The fourth-order valence-electron chi connectivity index (χ4n) is 3.98. The summed E-state index contributed by atoms with van der Waals surface area (Å²) in [7, 11) is 0. The number of aryl methyl sites for hydroxylation is 1. The molecule has 0 atom stereocenters. The largest absolute Gasteiger partial charge is 0.381 e. The van der Waals surface area contributed by atoms with Gasteiger partial charge in [0.25, 0.3) is 0 Å². The van der Waals surface area contributed by atoms with E-state index in [4.69, 9.17) is 10.5 Å². The van der Waals surface area contributed by atoms with Crippen molar-refractivity contribution in [2.75, 3.05) is 19.8 Å². The van der Waals surface area contributed by atoms with Crippen LogP contribution in [0.2, 0.25) is 0 Å². The predicted molar refractivity (Wildman–Crippen MR) is 91.3 cm³/mol. The van der Waals surface area contributed by atoms with E-state index in [1.54, 1.807) is 0 Å². The Hall–Kier alpha value is -1.39. The minimum absolute atomic E-state index is 0.0141. The minimum atomic E-state index is -0.759. The number of nitrogens with one attached hydrogen (secondary N) is 1. The Morgan fingerprint density at radius 2 is 1.91 bits per heavy atom. The van der Waals surface area contributed by atoms with E-state index in [1.165, 1.54) is 24.0 Å². The van der Waals surface area contributed by atoms with E-state index in [2.05, 4.69) is 36.5 Å². The van der Waals surface area contributed by atoms with Gasteiger partial charge >= 0.3 is 0 Å². The van der Waals surface area contributed by atoms with Crippen molar-refractivity contribution >= 4 is 5.91 Å². The molecule has 2 fully saturated rings. The van der Waals surface area contributed by atoms with Gasteiger partial charge in [0, 0.05) is 25.2 Å². The average molecular weight is 316 g/mol. The molecule has 1 aromatic rings. The van der Waals surface area contributed by atoms with Gasteiger partial charge in [-0.3, -0.25) is 4.79 Å². The molecule has 3 rings (SSSR count). The second-order valence-electron chi connectivity index (χ2n) is 7.31. The number of nitrogens with two attached hydrogens (primary N) is 1. The number of amides is 1. The molecule has 0 spiro atoms. The maximum Gasteiger partial charge on any atom is 0.240 e. The first-order chi connectivity index (χ1) is 11.0. The number of carbonyl (C=O) groups excluding carboxylic acids is 1. The summed E-state index contributed by atoms with van der Waals surface area (Å²) in [4.78, 5) is 12.6. The molecule has 1 heterocycles. The molecule has 3 N–H and O–H groups in total. The Kier molecular flexibility index (Phi) is 4.74. The molecular weight excluding hydrogens is 288 g/mol. The van der Waals surface area contributed by atoms with Gasteiger partial charge in [0.05, 0.1) is 5.54 Å². The fraction of sp³-hybridized carbons (Fsp3) is 0.632. The zero-order valence-corrected chi connectivity index (χ0v) is 14.1. The molecule has 23 heavy (non-hydrogen) atoms. The number of carbonyl (C=O) groups is 1. The van der Waals surface area contributed by atoms with Gasteiger partial charge in [-0.2, -0.15) is 0 Å². The fourth-order valence-corrected chi connectivity index (χ4v) is 3.98. The third-order valence-corrected chi connectivity index (χ3v) is 5.62. The molecule has 0 unspecified atom stereocenters. The summed E-state index contributed by atoms with van der Waals surface area (Å²) in [6.07, 6.45) is 5.94. The van der Waals surface area contributed by atoms with E-state index in [9.17, 15) is 4.79 Å². The Morgan fingerprint density at radius 1 is 1.22 bits per heavy atom. The van der Waals surface area contributed by atoms with Gasteiger partial charge in [-0.25, -0.2) is 0 Å². The molecule has 1 saturated carbocycles. The molecule has 2 aliphatic rings. The first kappa shape index (κ1) is 16.5. The highest BCUT2D eigenvalue weighted by Crippen LogP contribution is 2.41. The summed E-state index contributed by atoms with van der Waals surface area (Å²) in [5.74, 6) is -0.0141. The zero-order chi connectivity index (χ0) is 16.3. The highest BCUT2D eigenvalue weighted by molar-refractivity contribution is 5.86. The maximum absolute atomic E-state index is 12.6. The molecule has 1 aromatic carbocycles. The minimum Gasteiger partial charge on any atom is -0.381 e. The van der Waals surface area contributed by atoms with Crippen molar-refractivity contribution in [2.24, 2.45) is 5.73 Å². The molecule has 4 heteroatoms. The summed E-state index contributed by atoms with van der Waals surface area (Å²) in [6, 6.07) is 8.72. The van der Waals surface area contributed by atoms with E-state index in [-0.39, 0.29) is 11.3 Å². The van der Waals surface area contributed by atoms with Crippen molar-refractivity contribution in [2.45, 2.75) is 56.4 Å². The topological polar surface area (TPSA) is 64.4 Å². The molecule has 1 aliphatic carbocycles. The lowest BCUT2D eigenvalue weighted by Crippen LogP contribution is -2.58. The van der Waals surface area contributed by atoms with Gasteiger partial charge in [0.15, 0.2) is 0 Å². The van der Waals surface area contributed by atoms with Crippen molar-refractivity contribution in [1.82, 2.24) is 5.32 Å². The molecule has 1 amide bonds. The summed E-state index contributed by atoms with van der Waals surface area (Å²) in [5.41, 5.74) is 8.25. The van der Waals surface area contributed by atoms with Crippen molar-refractivity contribution in [3.63, 3.8) is 0 Å². The third-order valence-electron chi connectivity index (χ3n) is 5.62. The SMILES string of the molecule is Cc1cccc(C2(CNC(=O)C3(N)CCOCC3)CCCC2)c1. The van der Waals surface area contributed by atoms with Crippen LogP contribution in [0.25, 0.3) is 0 Å². The second-order valence-corrected chi connectivity index (χ2v) is 7.31. The monoisotopic (exact) mass is 316 g/mol. The first-order valence-electron chi connectivity index (χ1n) is 8.76. The van der Waals surface area contributed by atoms with Gasteiger partial charge in [0.1, 0.15) is 0 Å². The summed E-state index contributed by atoms with van der Waals surface area (Å²) < 4.78 is 5.34. The standard InChI is InChI=1S/C19H28N2O2/c1-15-5-4-6-16(13-15)18(7-2-3-8-18)14-21-17(22)19(20)9-11-23-12-10-19/h4-6,13H,2-3,7-12,14,20H2,1H3,(H,21,22). The van der Waals surface area contributed by atoms with Crippen molar-refractivity contribution < 1.29 is 9.53 Å². The van der Waals surface area contributed by atoms with Crippen LogP contribution in [0.4, 0.5) is 0 Å². The van der Waals surface area contributed by atoms with Gasteiger partial charge in [-0.05, 0) is 38.2 Å². The molecule has 126 valence electrons. The van der Waals surface area contributed by atoms with Crippen molar-refractivity contribution in [3.05, 3.63) is 35.4 Å². The number of hydrogen-bond donors (Lipinski definition) is 2. The van der Waals surface area contributed by atoms with Crippen LogP contribution in [-0.4, -0.2) is 31.2 Å². The Labute approximate surface area is 138 Å². The summed E-state index contributed by atoms with van der Waals surface area (Å²) in [5, 5.41) is 3.17. The lowest BCUT2D eigenvalue weighted by Gasteiger charge is -2.35. The van der Waals surface area contributed by atoms with Crippen molar-refractivity contribution in [3.8, 4) is 0 Å².